The molecule has 166 valence electrons. The van der Waals surface area contributed by atoms with Crippen LogP contribution in [0.2, 0.25) is 0 Å². The van der Waals surface area contributed by atoms with Gasteiger partial charge in [0.05, 0.1) is 11.1 Å². The fraction of sp³-hybridized carbons (Fsp3) is 0.636. The van der Waals surface area contributed by atoms with Crippen LogP contribution in [0.5, 0.6) is 5.75 Å². The zero-order chi connectivity index (χ0) is 21.3. The Morgan fingerprint density at radius 1 is 1.13 bits per heavy atom. The third-order valence-electron chi connectivity index (χ3n) is 5.45. The molecule has 2 aliphatic rings. The fourth-order valence-electron chi connectivity index (χ4n) is 3.42. The molecule has 2 fully saturated rings. The van der Waals surface area contributed by atoms with Crippen molar-refractivity contribution in [1.29, 1.82) is 0 Å². The summed E-state index contributed by atoms with van der Waals surface area (Å²) in [5.74, 6) is 3.24. The standard InChI is InChI=1S/C22H33N3O3S2/c1-3-17(2)23-20(26)15-24-9-11-25(12-10-24)21(27)16-28-19-7-5-18(6-8-19)22-29-13-4-14-30-22/h5-8,17,22H,3-4,9-16H2,1-2H3,(H,23,26). The van der Waals surface area contributed by atoms with Gasteiger partial charge in [-0.25, -0.2) is 0 Å². The second-order valence-electron chi connectivity index (χ2n) is 7.82. The highest BCUT2D eigenvalue weighted by atomic mass is 32.2. The molecule has 8 heteroatoms. The number of piperazine rings is 1. The van der Waals surface area contributed by atoms with E-state index in [1.54, 1.807) is 0 Å². The van der Waals surface area contributed by atoms with Crippen LogP contribution in [0.4, 0.5) is 0 Å². The van der Waals surface area contributed by atoms with Gasteiger partial charge in [0.15, 0.2) is 6.61 Å². The lowest BCUT2D eigenvalue weighted by atomic mass is 10.2. The van der Waals surface area contributed by atoms with Gasteiger partial charge in [-0.1, -0.05) is 19.1 Å². The first-order valence-electron chi connectivity index (χ1n) is 10.8. The van der Waals surface area contributed by atoms with E-state index in [0.717, 1.165) is 12.2 Å². The summed E-state index contributed by atoms with van der Waals surface area (Å²) in [4.78, 5) is 28.4. The number of carbonyl (C=O) groups is 2. The number of nitrogens with zero attached hydrogens (tertiary/aromatic N) is 2. The van der Waals surface area contributed by atoms with Crippen LogP contribution in [0.15, 0.2) is 24.3 Å². The average Bonchev–Trinajstić information content (AvgIpc) is 2.78. The third-order valence-corrected chi connectivity index (χ3v) is 8.47. The van der Waals surface area contributed by atoms with E-state index in [1.165, 1.54) is 23.5 Å². The summed E-state index contributed by atoms with van der Waals surface area (Å²) in [7, 11) is 0. The lowest BCUT2D eigenvalue weighted by Crippen LogP contribution is -2.52. The van der Waals surface area contributed by atoms with E-state index in [0.29, 0.717) is 37.3 Å². The molecule has 2 amide bonds. The van der Waals surface area contributed by atoms with E-state index in [1.807, 2.05) is 47.5 Å². The van der Waals surface area contributed by atoms with Gasteiger partial charge in [0.1, 0.15) is 5.75 Å². The van der Waals surface area contributed by atoms with Gasteiger partial charge in [-0.15, -0.1) is 23.5 Å². The van der Waals surface area contributed by atoms with Crippen molar-refractivity contribution in [1.82, 2.24) is 15.1 Å². The Kier molecular flexibility index (Phi) is 9.21. The molecule has 0 saturated carbocycles. The first-order valence-corrected chi connectivity index (χ1v) is 12.9. The largest absolute Gasteiger partial charge is 0.484 e. The molecule has 0 spiro atoms. The number of benzene rings is 1. The van der Waals surface area contributed by atoms with Crippen molar-refractivity contribution in [3.8, 4) is 5.75 Å². The Morgan fingerprint density at radius 3 is 2.43 bits per heavy atom. The highest BCUT2D eigenvalue weighted by Crippen LogP contribution is 2.43. The van der Waals surface area contributed by atoms with Crippen LogP contribution in [0, 0.1) is 0 Å². The van der Waals surface area contributed by atoms with Gasteiger partial charge in [0, 0.05) is 32.2 Å². The molecule has 2 heterocycles. The minimum Gasteiger partial charge on any atom is -0.484 e. The van der Waals surface area contributed by atoms with Crippen LogP contribution in [0.1, 0.15) is 36.8 Å². The molecule has 6 nitrogen and oxygen atoms in total. The van der Waals surface area contributed by atoms with E-state index in [4.69, 9.17) is 4.74 Å². The van der Waals surface area contributed by atoms with Crippen molar-refractivity contribution < 1.29 is 14.3 Å². The maximum atomic E-state index is 12.5. The third kappa shape index (κ3) is 7.10. The zero-order valence-corrected chi connectivity index (χ0v) is 19.6. The maximum Gasteiger partial charge on any atom is 0.260 e. The first kappa shape index (κ1) is 23.3. The molecule has 0 aromatic heterocycles. The number of hydrogen-bond acceptors (Lipinski definition) is 6. The number of thioether (sulfide) groups is 2. The lowest BCUT2D eigenvalue weighted by Gasteiger charge is -2.34. The summed E-state index contributed by atoms with van der Waals surface area (Å²) >= 11 is 4.00. The van der Waals surface area contributed by atoms with Crippen LogP contribution >= 0.6 is 23.5 Å². The monoisotopic (exact) mass is 451 g/mol. The predicted octanol–water partition coefficient (Wildman–Crippen LogP) is 2.99. The molecule has 1 N–H and O–H groups in total. The number of ether oxygens (including phenoxy) is 1. The van der Waals surface area contributed by atoms with Crippen molar-refractivity contribution in [2.75, 3.05) is 50.8 Å². The van der Waals surface area contributed by atoms with Gasteiger partial charge in [-0.2, -0.15) is 0 Å². The van der Waals surface area contributed by atoms with Gasteiger partial charge in [0.2, 0.25) is 5.91 Å². The zero-order valence-electron chi connectivity index (χ0n) is 18.0. The number of carbonyl (C=O) groups excluding carboxylic acids is 2. The molecule has 0 aliphatic carbocycles. The molecule has 1 aromatic rings. The second kappa shape index (κ2) is 11.9. The van der Waals surface area contributed by atoms with Crippen molar-refractivity contribution in [2.24, 2.45) is 0 Å². The highest BCUT2D eigenvalue weighted by molar-refractivity contribution is 8.16. The van der Waals surface area contributed by atoms with E-state index >= 15 is 0 Å². The van der Waals surface area contributed by atoms with Gasteiger partial charge in [-0.05, 0) is 49.0 Å². The van der Waals surface area contributed by atoms with Gasteiger partial charge >= 0.3 is 0 Å². The van der Waals surface area contributed by atoms with Crippen molar-refractivity contribution in [2.45, 2.75) is 37.3 Å². The summed E-state index contributed by atoms with van der Waals surface area (Å²) in [5.41, 5.74) is 1.32. The number of hydrogen-bond donors (Lipinski definition) is 1. The smallest absolute Gasteiger partial charge is 0.260 e. The molecule has 1 atom stereocenters. The molecule has 1 unspecified atom stereocenters. The topological polar surface area (TPSA) is 61.9 Å². The van der Waals surface area contributed by atoms with Crippen LogP contribution in [0.25, 0.3) is 0 Å². The van der Waals surface area contributed by atoms with E-state index in [9.17, 15) is 9.59 Å². The number of rotatable bonds is 8. The molecule has 0 radical (unpaired) electrons. The summed E-state index contributed by atoms with van der Waals surface area (Å²) in [6.07, 6.45) is 2.21. The van der Waals surface area contributed by atoms with Crippen molar-refractivity contribution in [3.05, 3.63) is 29.8 Å². The molecule has 2 saturated heterocycles. The minimum atomic E-state index is 0.00109. The number of amides is 2. The molecule has 0 bridgehead atoms. The van der Waals surface area contributed by atoms with Crippen LogP contribution in [-0.4, -0.2) is 78.5 Å². The maximum absolute atomic E-state index is 12.5. The average molecular weight is 452 g/mol. The summed E-state index contributed by atoms with van der Waals surface area (Å²) in [6, 6.07) is 8.35. The SMILES string of the molecule is CCC(C)NC(=O)CN1CCN(C(=O)COc2ccc(C3SCCCS3)cc2)CC1. The number of nitrogens with one attached hydrogen (secondary N) is 1. The normalized spacial score (nSPS) is 19.3. The quantitative estimate of drug-likeness (QED) is 0.656. The van der Waals surface area contributed by atoms with Gasteiger partial charge in [0.25, 0.3) is 5.91 Å². The summed E-state index contributed by atoms with van der Waals surface area (Å²) < 4.78 is 6.24. The summed E-state index contributed by atoms with van der Waals surface area (Å²) in [5, 5.41) is 2.99. The highest BCUT2D eigenvalue weighted by Gasteiger charge is 2.23. The summed E-state index contributed by atoms with van der Waals surface area (Å²) in [6.45, 7) is 7.21. The second-order valence-corrected chi connectivity index (χ2v) is 10.5. The Balaban J connectivity index is 1.37. The molecule has 30 heavy (non-hydrogen) atoms. The Morgan fingerprint density at radius 2 is 1.80 bits per heavy atom. The van der Waals surface area contributed by atoms with Crippen molar-refractivity contribution >= 4 is 35.3 Å². The van der Waals surface area contributed by atoms with Gasteiger partial charge < -0.3 is 15.0 Å². The molecular weight excluding hydrogens is 418 g/mol. The van der Waals surface area contributed by atoms with Crippen molar-refractivity contribution in [3.63, 3.8) is 0 Å². The molecular formula is C22H33N3O3S2. The Labute approximate surface area is 188 Å². The minimum absolute atomic E-state index is 0.00109. The first-order chi connectivity index (χ1) is 14.5. The molecule has 3 rings (SSSR count). The van der Waals surface area contributed by atoms with Crippen LogP contribution in [-0.2, 0) is 9.59 Å². The fourth-order valence-corrected chi connectivity index (χ4v) is 6.31. The van der Waals surface area contributed by atoms with E-state index < -0.39 is 0 Å². The lowest BCUT2D eigenvalue weighted by molar-refractivity contribution is -0.135. The Hall–Kier alpha value is -1.38. The molecule has 1 aromatic carbocycles. The van der Waals surface area contributed by atoms with E-state index in [2.05, 4.69) is 29.3 Å². The predicted molar refractivity (Wildman–Crippen MR) is 125 cm³/mol. The Bertz CT molecular complexity index is 687. The molecule has 2 aliphatic heterocycles. The van der Waals surface area contributed by atoms with Crippen LogP contribution in [0.3, 0.4) is 0 Å². The van der Waals surface area contributed by atoms with Crippen LogP contribution < -0.4 is 10.1 Å². The van der Waals surface area contributed by atoms with Gasteiger partial charge in [-0.3, -0.25) is 14.5 Å². The van der Waals surface area contributed by atoms with E-state index in [-0.39, 0.29) is 24.5 Å².